The number of carbonyl (C=O) groups is 2. The van der Waals surface area contributed by atoms with E-state index in [0.29, 0.717) is 63.0 Å². The average Bonchev–Trinajstić information content (AvgIpc) is 2.58. The lowest BCUT2D eigenvalue weighted by atomic mass is 9.27. The molecule has 22 heteroatoms. The largest absolute Gasteiger partial charge is 0.481 e. The molecule has 452 valence electrons. The summed E-state index contributed by atoms with van der Waals surface area (Å²) in [5.41, 5.74) is 3.49. The Bertz CT molecular complexity index is 2620. The molecule has 17 N–H and O–H groups in total. The number of carboxylic acid groups (broad SMARTS) is 1. The number of imidazole rings is 2. The number of amides is 1. The highest BCUT2D eigenvalue weighted by Gasteiger charge is 2.79. The third kappa shape index (κ3) is 8.62. The molecule has 0 unspecified atom stereocenters. The molecule has 11 rings (SSSR count). The van der Waals surface area contributed by atoms with Gasteiger partial charge in [-0.25, -0.2) is 9.97 Å². The third-order valence-corrected chi connectivity index (χ3v) is 24.7. The highest BCUT2D eigenvalue weighted by molar-refractivity contribution is 5.82. The third-order valence-electron chi connectivity index (χ3n) is 24.7. The number of allylic oxidation sites excluding steroid dienone is 2. The molecule has 2 aromatic rings. The fourth-order valence-electron chi connectivity index (χ4n) is 20.6. The van der Waals surface area contributed by atoms with Crippen molar-refractivity contribution >= 4 is 17.7 Å². The minimum Gasteiger partial charge on any atom is -0.481 e. The summed E-state index contributed by atoms with van der Waals surface area (Å²) in [4.78, 5) is 44.9. The standard InChI is InChI=1S/C59H92N8O14/c1-54(24-69)14-15-58(53(78)79)35(18-54)32-10-11-41-56(3,57(32,4)33-17-37-50(66-27-65-37)63-20-36(33)58)13-12-40-55(2,25-70)48(81-52-47(75)46(74)39(71)23-80-52)45(73)34(59(40,41)28-8-6-7-9-28)16-29-31(22-68)51(77)67-43(29)42(38-21-62-26-64-38)44(72)30(19-61-5)49(60)76/h10,21,26-31,33-36,39-49,52,61,63,68-76H,6-9,11-20,22-25,60H2,1-5H3,(H,62,64)(H,65,66)(H,67,77)(H,78,79)/t29-,30+,31-,33+,34+,35+,36+,39-,40-,41+,42+,43-,44+,45-,46+,47-,48-,49+,52+,54+,55+,56-,57+,58-,59+/m1/s1. The van der Waals surface area contributed by atoms with Crippen LogP contribution < -0.4 is 21.7 Å². The van der Waals surface area contributed by atoms with Gasteiger partial charge in [-0.05, 0) is 140 Å². The number of rotatable bonds is 16. The minimum absolute atomic E-state index is 0.0667. The number of fused-ring (bicyclic) bond motifs is 11. The number of nitrogens with two attached hydrogens (primary N) is 1. The van der Waals surface area contributed by atoms with E-state index in [1.54, 1.807) is 19.6 Å². The number of H-pyrrole nitrogens is 2. The van der Waals surface area contributed by atoms with E-state index in [2.05, 4.69) is 57.7 Å². The van der Waals surface area contributed by atoms with Crippen LogP contribution in [0.25, 0.3) is 0 Å². The Hall–Kier alpha value is -3.62. The lowest BCUT2D eigenvalue weighted by Gasteiger charge is -2.77. The van der Waals surface area contributed by atoms with Crippen molar-refractivity contribution < 1.29 is 70.1 Å². The van der Waals surface area contributed by atoms with Gasteiger partial charge in [0.15, 0.2) is 6.29 Å². The predicted molar refractivity (Wildman–Crippen MR) is 293 cm³/mol. The topological polar surface area (TPSA) is 374 Å². The molecule has 22 nitrogen and oxygen atoms in total. The Morgan fingerprint density at radius 1 is 0.951 bits per heavy atom. The molecule has 0 bridgehead atoms. The number of carboxylic acids is 1. The van der Waals surface area contributed by atoms with Gasteiger partial charge >= 0.3 is 5.97 Å². The maximum Gasteiger partial charge on any atom is 0.310 e. The molecule has 1 amide bonds. The minimum atomic E-state index is -1.73. The quantitative estimate of drug-likeness (QED) is 0.0632. The Balaban J connectivity index is 1.14. The summed E-state index contributed by atoms with van der Waals surface area (Å²) in [5, 5.41) is 128. The Labute approximate surface area is 473 Å². The number of aliphatic hydroxyl groups is 9. The first-order chi connectivity index (χ1) is 38.6. The summed E-state index contributed by atoms with van der Waals surface area (Å²) >= 11 is 0. The molecule has 2 aromatic heterocycles. The van der Waals surface area contributed by atoms with Crippen molar-refractivity contribution in [3.8, 4) is 0 Å². The summed E-state index contributed by atoms with van der Waals surface area (Å²) in [6.07, 6.45) is 2.24. The van der Waals surface area contributed by atoms with Crippen LogP contribution in [-0.4, -0.2) is 185 Å². The summed E-state index contributed by atoms with van der Waals surface area (Å²) in [6, 6.07) is -0.928. The van der Waals surface area contributed by atoms with Crippen molar-refractivity contribution in [2.45, 2.75) is 166 Å². The SMILES string of the molecule is CNC[C@@H]([C@H](O)[C@@H](c1cnc[nH]1)[C@@H]1NC(=O)[C@H](CO)[C@H]1C[C@H]1[C@@H](O)[C@@H](O[C@@H]2OC[C@@H](O)[C@H](O)[C@H]2O)[C@@](C)(CO)[C@H]2CC[C@]3(C)[C@H](CC=C4[C@@H]5C[C@@](C)(CO)CC[C@]5(C(=O)O)[C@H]5CNc6nc[nH]c6C[C@@H]5[C@]43C)[C@]21C1CCCC1)[C@@H](N)O. The van der Waals surface area contributed by atoms with Gasteiger partial charge in [-0.15, -0.1) is 0 Å². The number of carbonyl (C=O) groups excluding carboxylic acids is 1. The summed E-state index contributed by atoms with van der Waals surface area (Å²) in [6.45, 7) is 7.78. The number of hydrogen-bond acceptors (Lipinski definition) is 18. The molecule has 5 heterocycles. The van der Waals surface area contributed by atoms with Gasteiger partial charge < -0.3 is 92.2 Å². The molecule has 0 spiro atoms. The first-order valence-electron chi connectivity index (χ1n) is 30.1. The fourth-order valence-corrected chi connectivity index (χ4v) is 20.6. The van der Waals surface area contributed by atoms with E-state index < -0.39 is 154 Å². The van der Waals surface area contributed by atoms with Crippen LogP contribution in [-0.2, 0) is 25.5 Å². The van der Waals surface area contributed by atoms with Crippen molar-refractivity contribution in [3.63, 3.8) is 0 Å². The van der Waals surface area contributed by atoms with Crippen LogP contribution >= 0.6 is 0 Å². The fraction of sp³-hybridized carbons (Fsp3) is 0.831. The normalized spacial score (nSPS) is 46.4. The van der Waals surface area contributed by atoms with Crippen molar-refractivity contribution in [3.05, 3.63) is 41.9 Å². The van der Waals surface area contributed by atoms with Crippen molar-refractivity contribution in [2.24, 2.45) is 97.4 Å². The Kier molecular flexibility index (Phi) is 15.8. The summed E-state index contributed by atoms with van der Waals surface area (Å²) in [7, 11) is 1.68. The van der Waals surface area contributed by atoms with E-state index in [9.17, 15) is 60.7 Å². The molecule has 6 aliphatic carbocycles. The monoisotopic (exact) mass is 1140 g/mol. The zero-order chi connectivity index (χ0) is 57.9. The van der Waals surface area contributed by atoms with Gasteiger partial charge in [-0.3, -0.25) is 9.59 Å². The van der Waals surface area contributed by atoms with Gasteiger partial charge in [-0.1, -0.05) is 52.2 Å². The molecular weight excluding hydrogens is 1040 g/mol. The molecule has 2 saturated heterocycles. The predicted octanol–water partition coefficient (Wildman–Crippen LogP) is 0.946. The first kappa shape index (κ1) is 59.1. The van der Waals surface area contributed by atoms with E-state index in [1.165, 1.54) is 6.33 Å². The molecular formula is C59H92N8O14. The summed E-state index contributed by atoms with van der Waals surface area (Å²) < 4.78 is 12.8. The van der Waals surface area contributed by atoms with E-state index in [0.717, 1.165) is 37.0 Å². The number of hydrogen-bond donors (Lipinski definition) is 16. The highest BCUT2D eigenvalue weighted by Crippen LogP contribution is 2.81. The zero-order valence-electron chi connectivity index (χ0n) is 47.7. The lowest BCUT2D eigenvalue weighted by molar-refractivity contribution is -0.350. The second-order valence-electron chi connectivity index (χ2n) is 27.8. The number of anilines is 1. The molecule has 9 aliphatic rings. The van der Waals surface area contributed by atoms with Crippen molar-refractivity contribution in [2.75, 3.05) is 51.9 Å². The Morgan fingerprint density at radius 3 is 2.36 bits per heavy atom. The number of ether oxygens (including phenoxy) is 2. The molecule has 7 fully saturated rings. The van der Waals surface area contributed by atoms with E-state index in [4.69, 9.17) is 20.2 Å². The number of nitrogens with zero attached hydrogens (tertiary/aromatic N) is 2. The number of aromatic nitrogens is 4. The van der Waals surface area contributed by atoms with Crippen LogP contribution in [0, 0.1) is 91.7 Å². The first-order valence-corrected chi connectivity index (χ1v) is 30.1. The van der Waals surface area contributed by atoms with E-state index in [-0.39, 0.29) is 49.9 Å². The van der Waals surface area contributed by atoms with Gasteiger partial charge in [-0.2, -0.15) is 0 Å². The van der Waals surface area contributed by atoms with Gasteiger partial charge in [0.25, 0.3) is 0 Å². The molecule has 5 saturated carbocycles. The number of aliphatic carboxylic acids is 1. The second kappa shape index (κ2) is 21.7. The van der Waals surface area contributed by atoms with Gasteiger partial charge in [0.05, 0.1) is 67.8 Å². The van der Waals surface area contributed by atoms with Crippen molar-refractivity contribution in [1.29, 1.82) is 0 Å². The number of nitrogens with one attached hydrogen (secondary N) is 5. The molecule has 3 aliphatic heterocycles. The highest BCUT2D eigenvalue weighted by atomic mass is 16.7. The lowest BCUT2D eigenvalue weighted by Crippen LogP contribution is -2.76. The molecule has 0 aromatic carbocycles. The number of aromatic amines is 2. The van der Waals surface area contributed by atoms with Crippen molar-refractivity contribution in [1.82, 2.24) is 30.6 Å². The average molecular weight is 1140 g/mol. The van der Waals surface area contributed by atoms with Crippen LogP contribution in [0.4, 0.5) is 5.82 Å². The van der Waals surface area contributed by atoms with Crippen LogP contribution in [0.15, 0.2) is 30.5 Å². The van der Waals surface area contributed by atoms with E-state index >= 15 is 0 Å². The zero-order valence-corrected chi connectivity index (χ0v) is 47.7. The van der Waals surface area contributed by atoms with Crippen LogP contribution in [0.3, 0.4) is 0 Å². The maximum absolute atomic E-state index is 14.7. The number of aliphatic hydroxyl groups excluding tert-OH is 9. The van der Waals surface area contributed by atoms with Crippen LogP contribution in [0.1, 0.15) is 116 Å². The summed E-state index contributed by atoms with van der Waals surface area (Å²) in [5.74, 6) is -6.93. The van der Waals surface area contributed by atoms with Crippen LogP contribution in [0.2, 0.25) is 0 Å². The second-order valence-corrected chi connectivity index (χ2v) is 27.8. The molecule has 25 atom stereocenters. The smallest absolute Gasteiger partial charge is 0.310 e. The Morgan fingerprint density at radius 2 is 1.70 bits per heavy atom. The molecule has 0 radical (unpaired) electrons. The van der Waals surface area contributed by atoms with E-state index in [1.807, 2.05) is 6.92 Å². The maximum atomic E-state index is 14.7. The van der Waals surface area contributed by atoms with Crippen LogP contribution in [0.5, 0.6) is 0 Å². The van der Waals surface area contributed by atoms with Gasteiger partial charge in [0, 0.05) is 54.9 Å². The van der Waals surface area contributed by atoms with Gasteiger partial charge in [0.2, 0.25) is 5.91 Å². The van der Waals surface area contributed by atoms with Gasteiger partial charge in [0.1, 0.15) is 30.4 Å². The molecule has 81 heavy (non-hydrogen) atoms.